The van der Waals surface area contributed by atoms with Gasteiger partial charge in [-0.1, -0.05) is 28.1 Å². The maximum absolute atomic E-state index is 13.1. The van der Waals surface area contributed by atoms with Crippen LogP contribution < -0.4 is 5.32 Å². The van der Waals surface area contributed by atoms with Gasteiger partial charge in [0.1, 0.15) is 5.82 Å². The molecule has 2 heterocycles. The van der Waals surface area contributed by atoms with Crippen molar-refractivity contribution in [3.63, 3.8) is 0 Å². The Morgan fingerprint density at radius 2 is 1.70 bits per heavy atom. The number of rotatable bonds is 5. The van der Waals surface area contributed by atoms with Crippen LogP contribution in [-0.2, 0) is 6.54 Å². The lowest BCUT2D eigenvalue weighted by molar-refractivity contribution is 0.0710. The molecule has 0 aliphatic carbocycles. The average Bonchev–Trinajstić information content (AvgIpc) is 2.83. The van der Waals surface area contributed by atoms with Gasteiger partial charge >= 0.3 is 0 Å². The molecule has 3 aromatic rings. The molecule has 0 spiro atoms. The maximum atomic E-state index is 13.1. The first-order valence-corrected chi connectivity index (χ1v) is 11.7. The number of hydrogen-bond donors (Lipinski definition) is 1. The van der Waals surface area contributed by atoms with Crippen LogP contribution in [0.3, 0.4) is 0 Å². The van der Waals surface area contributed by atoms with Gasteiger partial charge in [-0.25, -0.2) is 4.39 Å². The Kier molecular flexibility index (Phi) is 7.18. The van der Waals surface area contributed by atoms with Gasteiger partial charge in [-0.3, -0.25) is 14.6 Å². The normalized spacial score (nSPS) is 14.2. The first-order valence-electron chi connectivity index (χ1n) is 11.0. The third-order valence-corrected chi connectivity index (χ3v) is 6.46. The summed E-state index contributed by atoms with van der Waals surface area (Å²) in [6, 6.07) is 17.1. The fraction of sp³-hybridized carbons (Fsp3) is 0.269. The van der Waals surface area contributed by atoms with Gasteiger partial charge in [0.05, 0.1) is 11.3 Å². The van der Waals surface area contributed by atoms with Crippen molar-refractivity contribution in [2.24, 2.45) is 0 Å². The predicted octanol–water partition coefficient (Wildman–Crippen LogP) is 5.24. The van der Waals surface area contributed by atoms with Crippen LogP contribution in [0.4, 0.5) is 4.39 Å². The van der Waals surface area contributed by atoms with Crippen molar-refractivity contribution in [2.75, 3.05) is 13.1 Å². The fourth-order valence-corrected chi connectivity index (χ4v) is 4.36. The van der Waals surface area contributed by atoms with Crippen molar-refractivity contribution >= 4 is 27.7 Å². The second-order valence-corrected chi connectivity index (χ2v) is 9.18. The van der Waals surface area contributed by atoms with Gasteiger partial charge in [-0.05, 0) is 73.9 Å². The maximum Gasteiger partial charge on any atom is 0.253 e. The molecule has 0 unspecified atom stereocenters. The number of likely N-dealkylation sites (tertiary alicyclic amines) is 1. The van der Waals surface area contributed by atoms with Crippen molar-refractivity contribution in [1.82, 2.24) is 15.2 Å². The van der Waals surface area contributed by atoms with Gasteiger partial charge in [0.25, 0.3) is 11.8 Å². The van der Waals surface area contributed by atoms with Crippen molar-refractivity contribution in [1.29, 1.82) is 0 Å². The van der Waals surface area contributed by atoms with Crippen molar-refractivity contribution in [3.05, 3.63) is 99.0 Å². The molecule has 2 aromatic carbocycles. The Hall–Kier alpha value is -3.06. The van der Waals surface area contributed by atoms with E-state index < -0.39 is 0 Å². The summed E-state index contributed by atoms with van der Waals surface area (Å²) in [7, 11) is 0. The number of pyridine rings is 1. The van der Waals surface area contributed by atoms with E-state index in [1.54, 1.807) is 12.1 Å². The van der Waals surface area contributed by atoms with Gasteiger partial charge < -0.3 is 10.2 Å². The minimum absolute atomic E-state index is 0.0235. The van der Waals surface area contributed by atoms with Gasteiger partial charge in [0.2, 0.25) is 0 Å². The number of aromatic nitrogens is 1. The molecule has 4 rings (SSSR count). The first-order chi connectivity index (χ1) is 15.9. The molecule has 1 fully saturated rings. The van der Waals surface area contributed by atoms with Crippen LogP contribution in [0.15, 0.2) is 65.1 Å². The summed E-state index contributed by atoms with van der Waals surface area (Å²) >= 11 is 3.40. The van der Waals surface area contributed by atoms with Crippen LogP contribution in [0.25, 0.3) is 0 Å². The molecule has 1 N–H and O–H groups in total. The third kappa shape index (κ3) is 5.66. The van der Waals surface area contributed by atoms with E-state index in [1.165, 1.54) is 12.1 Å². The van der Waals surface area contributed by atoms with E-state index in [9.17, 15) is 14.0 Å². The lowest BCUT2D eigenvalue weighted by Crippen LogP contribution is -2.38. The zero-order valence-corrected chi connectivity index (χ0v) is 19.9. The molecule has 5 nitrogen and oxygen atoms in total. The van der Waals surface area contributed by atoms with Crippen LogP contribution in [0, 0.1) is 12.7 Å². The molecule has 0 bridgehead atoms. The Morgan fingerprint density at radius 1 is 1.03 bits per heavy atom. The van der Waals surface area contributed by atoms with E-state index >= 15 is 0 Å². The molecule has 170 valence electrons. The predicted molar refractivity (Wildman–Crippen MR) is 129 cm³/mol. The van der Waals surface area contributed by atoms with Gasteiger partial charge in [-0.15, -0.1) is 0 Å². The Balaban J connectivity index is 1.43. The van der Waals surface area contributed by atoms with Crippen LogP contribution in [0.1, 0.15) is 56.4 Å². The molecule has 0 saturated carbocycles. The number of nitrogens with zero attached hydrogens (tertiary/aromatic N) is 2. The van der Waals surface area contributed by atoms with Crippen molar-refractivity contribution in [3.8, 4) is 0 Å². The molecule has 1 saturated heterocycles. The van der Waals surface area contributed by atoms with Gasteiger partial charge in [0.15, 0.2) is 0 Å². The summed E-state index contributed by atoms with van der Waals surface area (Å²) in [5.74, 6) is -0.379. The Bertz CT molecular complexity index is 1140. The van der Waals surface area contributed by atoms with Crippen LogP contribution in [0.5, 0.6) is 0 Å². The smallest absolute Gasteiger partial charge is 0.253 e. The average molecular weight is 510 g/mol. The van der Waals surface area contributed by atoms with Crippen LogP contribution in [-0.4, -0.2) is 34.8 Å². The van der Waals surface area contributed by atoms with Gasteiger partial charge in [-0.2, -0.15) is 0 Å². The second-order valence-electron chi connectivity index (χ2n) is 8.27. The lowest BCUT2D eigenvalue weighted by Gasteiger charge is -2.32. The van der Waals surface area contributed by atoms with E-state index in [1.807, 2.05) is 48.2 Å². The minimum Gasteiger partial charge on any atom is -0.348 e. The Labute approximate surface area is 201 Å². The molecule has 0 radical (unpaired) electrons. The molecule has 7 heteroatoms. The summed E-state index contributed by atoms with van der Waals surface area (Å²) in [5.41, 5.74) is 3.69. The topological polar surface area (TPSA) is 62.3 Å². The van der Waals surface area contributed by atoms with E-state index in [4.69, 9.17) is 4.98 Å². The number of benzene rings is 2. The molecular weight excluding hydrogens is 485 g/mol. The highest BCUT2D eigenvalue weighted by Gasteiger charge is 2.28. The summed E-state index contributed by atoms with van der Waals surface area (Å²) in [4.78, 5) is 32.4. The van der Waals surface area contributed by atoms with E-state index in [0.717, 1.165) is 34.3 Å². The number of aryl methyl sites for hydroxylation is 1. The number of piperidine rings is 1. The fourth-order valence-electron chi connectivity index (χ4n) is 4.09. The summed E-state index contributed by atoms with van der Waals surface area (Å²) in [6.07, 6.45) is 1.49. The minimum atomic E-state index is -0.306. The molecule has 2 amide bonds. The van der Waals surface area contributed by atoms with E-state index in [2.05, 4.69) is 21.2 Å². The molecule has 0 atom stereocenters. The van der Waals surface area contributed by atoms with Crippen molar-refractivity contribution in [2.45, 2.75) is 32.2 Å². The molecule has 33 heavy (non-hydrogen) atoms. The first kappa shape index (κ1) is 23.1. The number of carbonyl (C=O) groups excluding carboxylic acids is 2. The summed E-state index contributed by atoms with van der Waals surface area (Å²) in [5, 5.41) is 2.92. The second kappa shape index (κ2) is 10.3. The highest BCUT2D eigenvalue weighted by Crippen LogP contribution is 2.30. The highest BCUT2D eigenvalue weighted by atomic mass is 79.9. The lowest BCUT2D eigenvalue weighted by atomic mass is 9.89. The molecule has 1 aromatic heterocycles. The zero-order valence-electron chi connectivity index (χ0n) is 18.4. The quantitative estimate of drug-likeness (QED) is 0.511. The van der Waals surface area contributed by atoms with Gasteiger partial charge in [0, 0.05) is 41.3 Å². The SMILES string of the molecule is Cc1ccc(C(=O)NCc2ccc(F)cc2)c(C2CCN(C(=O)c3ccc(Br)cc3)CC2)n1. The number of halogens is 2. The number of amides is 2. The zero-order chi connectivity index (χ0) is 23.4. The standard InChI is InChI=1S/C26H25BrFN3O2/c1-17-2-11-23(25(32)29-16-18-3-9-22(28)10-4-18)24(30-17)19-12-14-31(15-13-19)26(33)20-5-7-21(27)8-6-20/h2-11,19H,12-16H2,1H3,(H,29,32). The van der Waals surface area contributed by atoms with Crippen LogP contribution in [0.2, 0.25) is 0 Å². The van der Waals surface area contributed by atoms with E-state index in [0.29, 0.717) is 30.8 Å². The van der Waals surface area contributed by atoms with Crippen molar-refractivity contribution < 1.29 is 14.0 Å². The third-order valence-electron chi connectivity index (χ3n) is 5.93. The largest absolute Gasteiger partial charge is 0.348 e. The summed E-state index contributed by atoms with van der Waals surface area (Å²) in [6.45, 7) is 3.46. The monoisotopic (exact) mass is 509 g/mol. The van der Waals surface area contributed by atoms with Crippen LogP contribution >= 0.6 is 15.9 Å². The number of carbonyl (C=O) groups is 2. The highest BCUT2D eigenvalue weighted by molar-refractivity contribution is 9.10. The Morgan fingerprint density at radius 3 is 2.36 bits per heavy atom. The molecule has 1 aliphatic rings. The summed E-state index contributed by atoms with van der Waals surface area (Å²) < 4.78 is 14.1. The van der Waals surface area contributed by atoms with E-state index in [-0.39, 0.29) is 23.5 Å². The number of hydrogen-bond acceptors (Lipinski definition) is 3. The molecular formula is C26H25BrFN3O2. The molecule has 1 aliphatic heterocycles. The number of nitrogens with one attached hydrogen (secondary N) is 1.